The first-order valence-corrected chi connectivity index (χ1v) is 16.0. The molecule has 4 N–H and O–H groups in total. The minimum atomic E-state index is -0.157. The zero-order valence-corrected chi connectivity index (χ0v) is 32.8. The fourth-order valence-electron chi connectivity index (χ4n) is 5.11. The molecule has 0 unspecified atom stereocenters. The smallest absolute Gasteiger partial charge is 0.506 e. The van der Waals surface area contributed by atoms with Crippen molar-refractivity contribution in [3.63, 3.8) is 0 Å². The molecule has 1 radical (unpaired) electrons. The van der Waals surface area contributed by atoms with E-state index in [1.165, 1.54) is 50.6 Å². The Labute approximate surface area is 341 Å². The summed E-state index contributed by atoms with van der Waals surface area (Å²) in [4.78, 5) is 27.0. The van der Waals surface area contributed by atoms with E-state index in [9.17, 15) is 30.0 Å². The molecule has 18 heteroatoms. The molecule has 52 heavy (non-hydrogen) atoms. The molecule has 0 atom stereocenters. The van der Waals surface area contributed by atoms with Gasteiger partial charge >= 0.3 is 29.6 Å². The van der Waals surface area contributed by atoms with Gasteiger partial charge in [0.15, 0.2) is 0 Å². The van der Waals surface area contributed by atoms with Gasteiger partial charge in [0, 0.05) is 66.2 Å². The Balaban J connectivity index is 0.000000270. The number of aromatic hydroxyl groups is 4. The van der Waals surface area contributed by atoms with Gasteiger partial charge in [0.05, 0.1) is 24.3 Å². The molecule has 4 aromatic rings. The number of hydrogen-bond donors (Lipinski definition) is 4. The van der Waals surface area contributed by atoms with Crippen molar-refractivity contribution in [3.8, 4) is 34.5 Å². The number of anilines is 2. The summed E-state index contributed by atoms with van der Waals surface area (Å²) >= 11 is 12.0. The number of hydrogen-bond acceptors (Lipinski definition) is 12. The zero-order valence-electron chi connectivity index (χ0n) is 28.2. The molecule has 0 spiro atoms. The van der Waals surface area contributed by atoms with Gasteiger partial charge in [-0.2, -0.15) is 0 Å². The van der Waals surface area contributed by atoms with Crippen molar-refractivity contribution < 1.29 is 85.8 Å². The normalized spacial score (nSPS) is 13.9. The minimum absolute atomic E-state index is 0. The van der Waals surface area contributed by atoms with Crippen LogP contribution in [0.5, 0.6) is 34.5 Å². The maximum atomic E-state index is 11.8. The Morgan fingerprint density at radius 3 is 1.23 bits per heavy atom. The van der Waals surface area contributed by atoms with E-state index in [1.807, 2.05) is 0 Å². The number of azo groups is 2. The van der Waals surface area contributed by atoms with Crippen LogP contribution in [-0.2, 0) is 26.4 Å². The molecule has 0 bridgehead atoms. The molecule has 6 rings (SSSR count). The summed E-state index contributed by atoms with van der Waals surface area (Å²) in [6.45, 7) is 1.27. The zero-order chi connectivity index (χ0) is 35.9. The van der Waals surface area contributed by atoms with E-state index in [-0.39, 0.29) is 114 Å². The Morgan fingerprint density at radius 1 is 0.577 bits per heavy atom. The number of carbonyl (C=O) groups excluding carboxylic acids is 2. The Kier molecular flexibility index (Phi) is 15.6. The van der Waals surface area contributed by atoms with E-state index >= 15 is 0 Å². The van der Waals surface area contributed by atoms with Crippen LogP contribution in [0.3, 0.4) is 0 Å². The predicted molar refractivity (Wildman–Crippen MR) is 187 cm³/mol. The number of rotatable bonds is 8. The summed E-state index contributed by atoms with van der Waals surface area (Å²) in [7, 11) is 2.87. The third-order valence-electron chi connectivity index (χ3n) is 7.72. The first kappa shape index (κ1) is 42.3. The van der Waals surface area contributed by atoms with Crippen LogP contribution >= 0.6 is 23.2 Å². The van der Waals surface area contributed by atoms with Crippen molar-refractivity contribution >= 4 is 69.1 Å². The molecule has 2 aliphatic heterocycles. The monoisotopic (exact) mass is 804 g/mol. The van der Waals surface area contributed by atoms with Crippen molar-refractivity contribution in [2.24, 2.45) is 20.5 Å². The summed E-state index contributed by atoms with van der Waals surface area (Å²) in [5, 5.41) is 56.2. The second-order valence-corrected chi connectivity index (χ2v) is 11.8. The third kappa shape index (κ3) is 10.1. The molecule has 14 nitrogen and oxygen atoms in total. The number of phenolic OH excluding ortho intramolecular Hbond substituents is 4. The van der Waals surface area contributed by atoms with Crippen molar-refractivity contribution in [1.82, 2.24) is 0 Å². The average Bonchev–Trinajstić information content (AvgIpc) is 3.74. The van der Waals surface area contributed by atoms with Crippen molar-refractivity contribution in [1.29, 1.82) is 0 Å². The fraction of sp³-hybridized carbons (Fsp3) is 0.235. The first-order chi connectivity index (χ1) is 24.0. The number of amides is 2. The molecular weight excluding hydrogens is 773 g/mol. The van der Waals surface area contributed by atoms with E-state index in [0.29, 0.717) is 48.8 Å². The molecule has 4 aromatic carbocycles. The first-order valence-electron chi connectivity index (χ1n) is 15.2. The van der Waals surface area contributed by atoms with Crippen LogP contribution in [0.2, 0.25) is 10.0 Å². The predicted octanol–water partition coefficient (Wildman–Crippen LogP) is 5.61. The van der Waals surface area contributed by atoms with Crippen LogP contribution in [0.25, 0.3) is 0 Å². The summed E-state index contributed by atoms with van der Waals surface area (Å²) < 4.78 is 10.0. The van der Waals surface area contributed by atoms with Gasteiger partial charge in [-0.15, -0.1) is 20.5 Å². The maximum Gasteiger partial charge on any atom is 1.00 e. The SMILES string of the molecule is COc1cc(O)c(N=Nc2cc(N3CCCC3=O)ccc2O)cc1Cl.COc1cc(O)c(N=Nc2cc(N3CCCC3=O)ccc2O)cc1Cl.[Co].[Na+]. The van der Waals surface area contributed by atoms with Crippen LogP contribution in [0.15, 0.2) is 81.1 Å². The third-order valence-corrected chi connectivity index (χ3v) is 8.31. The van der Waals surface area contributed by atoms with Crippen LogP contribution in [-0.4, -0.2) is 59.5 Å². The van der Waals surface area contributed by atoms with Crippen molar-refractivity contribution in [3.05, 3.63) is 70.7 Å². The largest absolute Gasteiger partial charge is 1.00 e. The molecule has 2 saturated heterocycles. The number of benzene rings is 4. The van der Waals surface area contributed by atoms with Crippen molar-refractivity contribution in [2.45, 2.75) is 25.7 Å². The second kappa shape index (κ2) is 19.1. The average molecular weight is 805 g/mol. The molecule has 2 fully saturated rings. The Morgan fingerprint density at radius 2 is 0.923 bits per heavy atom. The summed E-state index contributed by atoms with van der Waals surface area (Å²) in [6.07, 6.45) is 2.62. The van der Waals surface area contributed by atoms with Crippen LogP contribution in [0, 0.1) is 0 Å². The van der Waals surface area contributed by atoms with Gasteiger partial charge < -0.3 is 39.7 Å². The van der Waals surface area contributed by atoms with Crippen LogP contribution < -0.4 is 48.8 Å². The van der Waals surface area contributed by atoms with Gasteiger partial charge in [0.25, 0.3) is 0 Å². The molecular formula is C34H32Cl2CoN6NaO8+. The summed E-state index contributed by atoms with van der Waals surface area (Å²) in [6, 6.07) is 14.8. The van der Waals surface area contributed by atoms with Gasteiger partial charge in [0.1, 0.15) is 57.2 Å². The van der Waals surface area contributed by atoms with E-state index < -0.39 is 0 Å². The second-order valence-electron chi connectivity index (χ2n) is 11.0. The van der Waals surface area contributed by atoms with Gasteiger partial charge in [-0.3, -0.25) is 9.59 Å². The van der Waals surface area contributed by atoms with E-state index in [1.54, 1.807) is 34.1 Å². The van der Waals surface area contributed by atoms with Gasteiger partial charge in [-0.1, -0.05) is 23.2 Å². The standard InChI is InChI=1S/2C17H16ClN3O4.Co.Na/c2*1-25-16-9-15(23)13(8-11(16)18)20-19-12-7-10(4-5-14(12)22)21-6-2-3-17(21)24;;/h2*4-5,7-9,22-23H,2-3,6H2,1H3;;/q;;;+1. The maximum absolute atomic E-state index is 11.8. The van der Waals surface area contributed by atoms with Crippen molar-refractivity contribution in [2.75, 3.05) is 37.1 Å². The van der Waals surface area contributed by atoms with Gasteiger partial charge in [0.2, 0.25) is 11.8 Å². The number of carbonyl (C=O) groups is 2. The quantitative estimate of drug-likeness (QED) is 0.131. The van der Waals surface area contributed by atoms with E-state index in [0.717, 1.165) is 12.8 Å². The Hall–Kier alpha value is -4.09. The molecule has 0 aromatic heterocycles. The van der Waals surface area contributed by atoms with E-state index in [4.69, 9.17) is 32.7 Å². The fourth-order valence-corrected chi connectivity index (χ4v) is 5.58. The molecule has 2 heterocycles. The summed E-state index contributed by atoms with van der Waals surface area (Å²) in [5.74, 6) is 0.217. The minimum Gasteiger partial charge on any atom is -0.506 e. The molecule has 2 amide bonds. The number of halogens is 2. The molecule has 2 aliphatic rings. The Bertz CT molecular complexity index is 1860. The molecule has 0 aliphatic carbocycles. The number of ether oxygens (including phenoxy) is 2. The number of phenols is 4. The topological polar surface area (TPSA) is 189 Å². The van der Waals surface area contributed by atoms with Gasteiger partial charge in [-0.05, 0) is 61.4 Å². The summed E-state index contributed by atoms with van der Waals surface area (Å²) in [5.41, 5.74) is 1.92. The van der Waals surface area contributed by atoms with Crippen LogP contribution in [0.1, 0.15) is 25.7 Å². The van der Waals surface area contributed by atoms with Crippen LogP contribution in [0.4, 0.5) is 34.1 Å². The molecule has 269 valence electrons. The number of methoxy groups -OCH3 is 2. The van der Waals surface area contributed by atoms with Gasteiger partial charge in [-0.25, -0.2) is 0 Å². The number of nitrogens with zero attached hydrogens (tertiary/aromatic N) is 6. The van der Waals surface area contributed by atoms with E-state index in [2.05, 4.69) is 20.5 Å². The molecule has 0 saturated carbocycles.